The Morgan fingerprint density at radius 1 is 1.54 bits per heavy atom. The third-order valence-electron chi connectivity index (χ3n) is 2.16. The van der Waals surface area contributed by atoms with Gasteiger partial charge in [-0.3, -0.25) is 0 Å². The quantitative estimate of drug-likeness (QED) is 0.774. The van der Waals surface area contributed by atoms with Crippen LogP contribution in [0.5, 0.6) is 0 Å². The number of nitrogens with one attached hydrogen (secondary N) is 2. The van der Waals surface area contributed by atoms with Crippen LogP contribution in [0.15, 0.2) is 22.9 Å². The van der Waals surface area contributed by atoms with E-state index in [1.807, 2.05) is 18.3 Å². The van der Waals surface area contributed by atoms with Crippen LogP contribution in [0, 0.1) is 0 Å². The standard InChI is InChI=1S/C9H12BrN3/c10-9-2-1-7(6-12-9)13-8-3-4-11-5-8/h1-2,6,8,11,13H,3-5H2. The Balaban J connectivity index is 1.97. The summed E-state index contributed by atoms with van der Waals surface area (Å²) < 4.78 is 0.877. The van der Waals surface area contributed by atoms with Crippen LogP contribution >= 0.6 is 15.9 Å². The van der Waals surface area contributed by atoms with E-state index < -0.39 is 0 Å². The van der Waals surface area contributed by atoms with E-state index in [0.29, 0.717) is 6.04 Å². The molecule has 70 valence electrons. The van der Waals surface area contributed by atoms with E-state index in [9.17, 15) is 0 Å². The van der Waals surface area contributed by atoms with Gasteiger partial charge in [0.1, 0.15) is 4.60 Å². The van der Waals surface area contributed by atoms with Gasteiger partial charge in [-0.2, -0.15) is 0 Å². The molecule has 1 aromatic heterocycles. The summed E-state index contributed by atoms with van der Waals surface area (Å²) in [5.41, 5.74) is 1.09. The first kappa shape index (κ1) is 8.97. The average molecular weight is 242 g/mol. The molecule has 0 spiro atoms. The Morgan fingerprint density at radius 2 is 2.46 bits per heavy atom. The molecular weight excluding hydrogens is 230 g/mol. The van der Waals surface area contributed by atoms with E-state index in [-0.39, 0.29) is 0 Å². The molecular formula is C9H12BrN3. The van der Waals surface area contributed by atoms with Gasteiger partial charge in [-0.05, 0) is 41.0 Å². The molecule has 0 saturated carbocycles. The predicted octanol–water partition coefficient (Wildman–Crippen LogP) is 1.62. The topological polar surface area (TPSA) is 37.0 Å². The number of pyridine rings is 1. The van der Waals surface area contributed by atoms with Crippen molar-refractivity contribution in [2.24, 2.45) is 0 Å². The molecule has 3 nitrogen and oxygen atoms in total. The molecule has 13 heavy (non-hydrogen) atoms. The molecule has 2 heterocycles. The van der Waals surface area contributed by atoms with Gasteiger partial charge in [0.25, 0.3) is 0 Å². The third-order valence-corrected chi connectivity index (χ3v) is 2.63. The summed E-state index contributed by atoms with van der Waals surface area (Å²) in [6, 6.07) is 4.54. The van der Waals surface area contributed by atoms with Crippen molar-refractivity contribution >= 4 is 21.6 Å². The summed E-state index contributed by atoms with van der Waals surface area (Å²) in [6.07, 6.45) is 3.04. The lowest BCUT2D eigenvalue weighted by molar-refractivity contribution is 0.792. The summed E-state index contributed by atoms with van der Waals surface area (Å²) >= 11 is 3.31. The molecule has 0 aliphatic carbocycles. The molecule has 0 bridgehead atoms. The second-order valence-corrected chi connectivity index (χ2v) is 4.02. The maximum atomic E-state index is 4.15. The highest BCUT2D eigenvalue weighted by molar-refractivity contribution is 9.10. The van der Waals surface area contributed by atoms with Crippen molar-refractivity contribution in [3.8, 4) is 0 Å². The van der Waals surface area contributed by atoms with E-state index in [2.05, 4.69) is 31.5 Å². The van der Waals surface area contributed by atoms with Crippen LogP contribution in [0.4, 0.5) is 5.69 Å². The molecule has 0 amide bonds. The smallest absolute Gasteiger partial charge is 0.106 e. The fraction of sp³-hybridized carbons (Fsp3) is 0.444. The Bertz CT molecular complexity index is 267. The van der Waals surface area contributed by atoms with Crippen molar-refractivity contribution in [3.63, 3.8) is 0 Å². The van der Waals surface area contributed by atoms with Gasteiger partial charge in [0.05, 0.1) is 11.9 Å². The second-order valence-electron chi connectivity index (χ2n) is 3.20. The van der Waals surface area contributed by atoms with Crippen LogP contribution in [0.1, 0.15) is 6.42 Å². The predicted molar refractivity (Wildman–Crippen MR) is 56.8 cm³/mol. The van der Waals surface area contributed by atoms with Crippen molar-refractivity contribution in [2.75, 3.05) is 18.4 Å². The monoisotopic (exact) mass is 241 g/mol. The molecule has 1 aliphatic rings. The normalized spacial score (nSPS) is 21.8. The highest BCUT2D eigenvalue weighted by Gasteiger charge is 2.13. The summed E-state index contributed by atoms with van der Waals surface area (Å²) in [7, 11) is 0. The molecule has 0 radical (unpaired) electrons. The Hall–Kier alpha value is -0.610. The van der Waals surface area contributed by atoms with Gasteiger partial charge in [-0.25, -0.2) is 4.98 Å². The van der Waals surface area contributed by atoms with Crippen LogP contribution in [0.25, 0.3) is 0 Å². The van der Waals surface area contributed by atoms with Crippen LogP contribution in [-0.2, 0) is 0 Å². The van der Waals surface area contributed by atoms with Crippen molar-refractivity contribution in [2.45, 2.75) is 12.5 Å². The fourth-order valence-corrected chi connectivity index (χ4v) is 1.71. The minimum Gasteiger partial charge on any atom is -0.380 e. The highest BCUT2D eigenvalue weighted by Crippen LogP contribution is 2.13. The van der Waals surface area contributed by atoms with E-state index in [4.69, 9.17) is 0 Å². The summed E-state index contributed by atoms with van der Waals surface area (Å²) in [4.78, 5) is 4.15. The SMILES string of the molecule is Brc1ccc(NC2CCNC2)cn1. The molecule has 1 fully saturated rings. The minimum absolute atomic E-state index is 0.558. The summed E-state index contributed by atoms with van der Waals surface area (Å²) in [5, 5.41) is 6.73. The van der Waals surface area contributed by atoms with Gasteiger partial charge in [0.2, 0.25) is 0 Å². The molecule has 1 saturated heterocycles. The fourth-order valence-electron chi connectivity index (χ4n) is 1.47. The number of halogens is 1. The lowest BCUT2D eigenvalue weighted by Gasteiger charge is -2.11. The zero-order valence-corrected chi connectivity index (χ0v) is 8.84. The number of aromatic nitrogens is 1. The number of hydrogen-bond acceptors (Lipinski definition) is 3. The van der Waals surface area contributed by atoms with E-state index >= 15 is 0 Å². The lowest BCUT2D eigenvalue weighted by Crippen LogP contribution is -2.22. The maximum absolute atomic E-state index is 4.15. The molecule has 4 heteroatoms. The van der Waals surface area contributed by atoms with Gasteiger partial charge in [0, 0.05) is 12.6 Å². The second kappa shape index (κ2) is 4.07. The molecule has 2 N–H and O–H groups in total. The van der Waals surface area contributed by atoms with Crippen molar-refractivity contribution in [3.05, 3.63) is 22.9 Å². The Morgan fingerprint density at radius 3 is 3.08 bits per heavy atom. The Kier molecular flexibility index (Phi) is 2.80. The van der Waals surface area contributed by atoms with Gasteiger partial charge < -0.3 is 10.6 Å². The first-order valence-corrected chi connectivity index (χ1v) is 5.23. The highest BCUT2D eigenvalue weighted by atomic mass is 79.9. The largest absolute Gasteiger partial charge is 0.380 e. The van der Waals surface area contributed by atoms with Crippen LogP contribution in [-0.4, -0.2) is 24.1 Å². The molecule has 2 rings (SSSR count). The average Bonchev–Trinajstić information content (AvgIpc) is 2.62. The number of hydrogen-bond donors (Lipinski definition) is 2. The van der Waals surface area contributed by atoms with Crippen molar-refractivity contribution in [1.82, 2.24) is 10.3 Å². The van der Waals surface area contributed by atoms with Gasteiger partial charge >= 0.3 is 0 Å². The zero-order chi connectivity index (χ0) is 9.10. The third kappa shape index (κ3) is 2.42. The van der Waals surface area contributed by atoms with Gasteiger partial charge in [-0.1, -0.05) is 0 Å². The van der Waals surface area contributed by atoms with E-state index in [1.165, 1.54) is 6.42 Å². The molecule has 1 aromatic rings. The Labute approximate surface area is 86.1 Å². The first-order valence-electron chi connectivity index (χ1n) is 4.43. The van der Waals surface area contributed by atoms with Crippen LogP contribution in [0.2, 0.25) is 0 Å². The van der Waals surface area contributed by atoms with Gasteiger partial charge in [-0.15, -0.1) is 0 Å². The minimum atomic E-state index is 0.558. The molecule has 1 aliphatic heterocycles. The molecule has 1 unspecified atom stereocenters. The van der Waals surface area contributed by atoms with Gasteiger partial charge in [0.15, 0.2) is 0 Å². The number of anilines is 1. The number of rotatable bonds is 2. The molecule has 0 aromatic carbocycles. The van der Waals surface area contributed by atoms with E-state index in [1.54, 1.807) is 0 Å². The maximum Gasteiger partial charge on any atom is 0.106 e. The van der Waals surface area contributed by atoms with Crippen molar-refractivity contribution in [1.29, 1.82) is 0 Å². The zero-order valence-electron chi connectivity index (χ0n) is 7.26. The van der Waals surface area contributed by atoms with E-state index in [0.717, 1.165) is 23.4 Å². The first-order chi connectivity index (χ1) is 6.34. The van der Waals surface area contributed by atoms with Crippen LogP contribution < -0.4 is 10.6 Å². The lowest BCUT2D eigenvalue weighted by atomic mass is 10.2. The molecule has 1 atom stereocenters. The van der Waals surface area contributed by atoms with Crippen molar-refractivity contribution < 1.29 is 0 Å². The van der Waals surface area contributed by atoms with Crippen LogP contribution in [0.3, 0.4) is 0 Å². The summed E-state index contributed by atoms with van der Waals surface area (Å²) in [6.45, 7) is 2.16. The number of nitrogens with zero attached hydrogens (tertiary/aromatic N) is 1. The summed E-state index contributed by atoms with van der Waals surface area (Å²) in [5.74, 6) is 0.